The molecule has 0 aliphatic heterocycles. The summed E-state index contributed by atoms with van der Waals surface area (Å²) in [4.78, 5) is 24.7. The number of carbonyl (C=O) groups is 2. The van der Waals surface area contributed by atoms with Crippen molar-refractivity contribution >= 4 is 29.4 Å². The molecule has 3 aromatic rings. The lowest BCUT2D eigenvalue weighted by Crippen LogP contribution is -2.36. The predicted octanol–water partition coefficient (Wildman–Crippen LogP) is 6.23. The van der Waals surface area contributed by atoms with Crippen molar-refractivity contribution in [2.75, 3.05) is 31.8 Å². The van der Waals surface area contributed by atoms with Gasteiger partial charge < -0.3 is 30.4 Å². The molecular weight excluding hydrogens is 579 g/mol. The summed E-state index contributed by atoms with van der Waals surface area (Å²) in [5.41, 5.74) is 14.1. The molecule has 0 amide bonds. The molecule has 0 saturated carbocycles. The summed E-state index contributed by atoms with van der Waals surface area (Å²) in [6.07, 6.45) is -4.39. The first-order valence-corrected chi connectivity index (χ1v) is 12.9. The van der Waals surface area contributed by atoms with Crippen LogP contribution in [0.2, 0.25) is 0 Å². The van der Waals surface area contributed by atoms with E-state index in [4.69, 9.17) is 30.4 Å². The van der Waals surface area contributed by atoms with Gasteiger partial charge >= 0.3 is 24.0 Å². The van der Waals surface area contributed by atoms with E-state index in [9.17, 15) is 31.5 Å². The minimum Gasteiger partial charge on any atom is -0.494 e. The topological polar surface area (TPSA) is 123 Å². The maximum Gasteiger partial charge on any atom is 0.453 e. The molecule has 0 aliphatic rings. The SMILES string of the molecule is COc1cc(/C=C/C(=O)OCCc2ccc(N)cc2N)ccc1OC(=O)c1ccc(OCCCC(F)(F)C(F)(F)F)cc1. The third-order valence-electron chi connectivity index (χ3n) is 6.00. The van der Waals surface area contributed by atoms with Crippen LogP contribution in [0.4, 0.5) is 33.3 Å². The van der Waals surface area contributed by atoms with E-state index in [1.165, 1.54) is 49.6 Å². The lowest BCUT2D eigenvalue weighted by Gasteiger charge is -2.19. The van der Waals surface area contributed by atoms with Crippen molar-refractivity contribution in [3.8, 4) is 17.2 Å². The molecule has 0 saturated heterocycles. The smallest absolute Gasteiger partial charge is 0.453 e. The van der Waals surface area contributed by atoms with Gasteiger partial charge in [0.15, 0.2) is 11.5 Å². The van der Waals surface area contributed by atoms with Gasteiger partial charge in [0.2, 0.25) is 0 Å². The van der Waals surface area contributed by atoms with E-state index in [0.717, 1.165) is 5.56 Å². The van der Waals surface area contributed by atoms with Crippen molar-refractivity contribution in [2.45, 2.75) is 31.4 Å². The normalized spacial score (nSPS) is 11.8. The number of esters is 2. The summed E-state index contributed by atoms with van der Waals surface area (Å²) in [6, 6.07) is 15.1. The van der Waals surface area contributed by atoms with Crippen LogP contribution in [-0.2, 0) is 16.0 Å². The number of anilines is 2. The van der Waals surface area contributed by atoms with E-state index >= 15 is 0 Å². The minimum absolute atomic E-state index is 0.0965. The summed E-state index contributed by atoms with van der Waals surface area (Å²) in [6.45, 7) is -0.257. The average Bonchev–Trinajstić information content (AvgIpc) is 2.95. The Morgan fingerprint density at radius 2 is 1.60 bits per heavy atom. The van der Waals surface area contributed by atoms with Crippen molar-refractivity contribution < 1.29 is 50.5 Å². The van der Waals surface area contributed by atoms with Gasteiger partial charge in [-0.15, -0.1) is 0 Å². The van der Waals surface area contributed by atoms with E-state index in [-0.39, 0.29) is 36.0 Å². The first-order chi connectivity index (χ1) is 20.3. The van der Waals surface area contributed by atoms with Gasteiger partial charge in [0.25, 0.3) is 0 Å². The molecular formula is C30H29F5N2O6. The van der Waals surface area contributed by atoms with E-state index in [1.54, 1.807) is 30.3 Å². The number of benzene rings is 3. The number of ether oxygens (including phenoxy) is 4. The second-order valence-corrected chi connectivity index (χ2v) is 9.19. The van der Waals surface area contributed by atoms with E-state index in [0.29, 0.717) is 23.4 Å². The number of methoxy groups -OCH3 is 1. The lowest BCUT2D eigenvalue weighted by molar-refractivity contribution is -0.284. The van der Waals surface area contributed by atoms with E-state index < -0.39 is 36.9 Å². The summed E-state index contributed by atoms with van der Waals surface area (Å²) in [5.74, 6) is -5.63. The van der Waals surface area contributed by atoms with Gasteiger partial charge in [-0.25, -0.2) is 9.59 Å². The fraction of sp³-hybridized carbons (Fsp3) is 0.267. The summed E-state index contributed by atoms with van der Waals surface area (Å²) in [7, 11) is 1.37. The van der Waals surface area contributed by atoms with Gasteiger partial charge in [-0.3, -0.25) is 0 Å². The maximum atomic E-state index is 13.0. The lowest BCUT2D eigenvalue weighted by atomic mass is 10.1. The largest absolute Gasteiger partial charge is 0.494 e. The number of nitrogen functional groups attached to an aromatic ring is 2. The van der Waals surface area contributed by atoms with Crippen LogP contribution in [0.15, 0.2) is 66.7 Å². The third-order valence-corrected chi connectivity index (χ3v) is 6.00. The van der Waals surface area contributed by atoms with Crippen LogP contribution in [0.5, 0.6) is 17.2 Å². The van der Waals surface area contributed by atoms with Crippen LogP contribution < -0.4 is 25.7 Å². The minimum atomic E-state index is -5.61. The van der Waals surface area contributed by atoms with Crippen molar-refractivity contribution in [1.82, 2.24) is 0 Å². The monoisotopic (exact) mass is 608 g/mol. The zero-order valence-electron chi connectivity index (χ0n) is 23.0. The number of carbonyl (C=O) groups excluding carboxylic acids is 2. The van der Waals surface area contributed by atoms with Crippen LogP contribution in [-0.4, -0.2) is 44.4 Å². The average molecular weight is 609 g/mol. The second-order valence-electron chi connectivity index (χ2n) is 9.19. The standard InChI is InChI=1S/C30H29F5N2O6/c1-40-26-17-19(4-12-27(38)42-16-13-20-5-8-22(36)18-24(20)37)3-11-25(26)43-28(39)21-6-9-23(10-7-21)41-15-2-14-29(31,32)30(33,34)35/h3-12,17-18H,2,13-16,36-37H2,1H3/b12-4+. The Kier molecular flexibility index (Phi) is 10.9. The van der Waals surface area contributed by atoms with E-state index in [2.05, 4.69) is 0 Å². The van der Waals surface area contributed by atoms with Gasteiger partial charge in [0.05, 0.1) is 25.9 Å². The van der Waals surface area contributed by atoms with Gasteiger partial charge in [0.1, 0.15) is 5.75 Å². The molecule has 0 fully saturated rings. The second kappa shape index (κ2) is 14.4. The Balaban J connectivity index is 1.50. The summed E-state index contributed by atoms with van der Waals surface area (Å²) >= 11 is 0. The van der Waals surface area contributed by atoms with Crippen molar-refractivity contribution in [1.29, 1.82) is 0 Å². The third kappa shape index (κ3) is 9.62. The number of hydrogen-bond donors (Lipinski definition) is 2. The molecule has 4 N–H and O–H groups in total. The van der Waals surface area contributed by atoms with Gasteiger partial charge in [0, 0.05) is 30.3 Å². The molecule has 0 heterocycles. The highest BCUT2D eigenvalue weighted by Gasteiger charge is 2.56. The van der Waals surface area contributed by atoms with Crippen LogP contribution in [0.1, 0.15) is 34.3 Å². The first-order valence-electron chi connectivity index (χ1n) is 12.9. The van der Waals surface area contributed by atoms with Crippen LogP contribution in [0.3, 0.4) is 0 Å². The molecule has 3 rings (SSSR count). The molecule has 8 nitrogen and oxygen atoms in total. The Morgan fingerprint density at radius 1 is 0.884 bits per heavy atom. The van der Waals surface area contributed by atoms with Crippen molar-refractivity contribution in [3.63, 3.8) is 0 Å². The molecule has 0 aromatic heterocycles. The quantitative estimate of drug-likeness (QED) is 0.0585. The Labute approximate surface area is 244 Å². The van der Waals surface area contributed by atoms with Crippen LogP contribution in [0.25, 0.3) is 6.08 Å². The Morgan fingerprint density at radius 3 is 2.26 bits per heavy atom. The summed E-state index contributed by atoms with van der Waals surface area (Å²) in [5, 5.41) is 0. The fourth-order valence-corrected chi connectivity index (χ4v) is 3.66. The maximum absolute atomic E-state index is 13.0. The molecule has 0 spiro atoms. The highest BCUT2D eigenvalue weighted by Crippen LogP contribution is 2.38. The Hall–Kier alpha value is -4.81. The van der Waals surface area contributed by atoms with Crippen LogP contribution in [0, 0.1) is 0 Å². The highest BCUT2D eigenvalue weighted by atomic mass is 19.4. The predicted molar refractivity (Wildman–Crippen MR) is 149 cm³/mol. The molecule has 0 bridgehead atoms. The summed E-state index contributed by atoms with van der Waals surface area (Å²) < 4.78 is 83.7. The molecule has 3 aromatic carbocycles. The van der Waals surface area contributed by atoms with Crippen LogP contribution >= 0.6 is 0 Å². The number of rotatable bonds is 13. The number of nitrogens with two attached hydrogens (primary N) is 2. The fourth-order valence-electron chi connectivity index (χ4n) is 3.66. The van der Waals surface area contributed by atoms with Crippen molar-refractivity contribution in [2.24, 2.45) is 0 Å². The zero-order chi connectivity index (χ0) is 31.6. The van der Waals surface area contributed by atoms with Gasteiger partial charge in [-0.05, 0) is 72.2 Å². The molecule has 0 radical (unpaired) electrons. The highest BCUT2D eigenvalue weighted by molar-refractivity contribution is 5.91. The first kappa shape index (κ1) is 32.7. The molecule has 230 valence electrons. The Bertz CT molecular complexity index is 1440. The van der Waals surface area contributed by atoms with E-state index in [1.807, 2.05) is 0 Å². The molecule has 0 atom stereocenters. The number of alkyl halides is 5. The number of halogens is 5. The van der Waals surface area contributed by atoms with Crippen molar-refractivity contribution in [3.05, 3.63) is 83.4 Å². The molecule has 0 unspecified atom stereocenters. The molecule has 43 heavy (non-hydrogen) atoms. The number of hydrogen-bond acceptors (Lipinski definition) is 8. The molecule has 13 heteroatoms. The van der Waals surface area contributed by atoms with Gasteiger partial charge in [-0.2, -0.15) is 22.0 Å². The van der Waals surface area contributed by atoms with Gasteiger partial charge in [-0.1, -0.05) is 12.1 Å². The zero-order valence-corrected chi connectivity index (χ0v) is 23.0. The molecule has 0 aliphatic carbocycles.